The quantitative estimate of drug-likeness (QED) is 0.653. The molecular formula is C8H6F3N3. The molecule has 0 amide bonds. The number of nitrogens with zero attached hydrogens (tertiary/aromatic N) is 3. The number of alkyl halides is 3. The highest BCUT2D eigenvalue weighted by Crippen LogP contribution is 2.29. The molecule has 0 unspecified atom stereocenters. The van der Waals surface area contributed by atoms with Crippen molar-refractivity contribution in [1.82, 2.24) is 14.6 Å². The molecule has 14 heavy (non-hydrogen) atoms. The molecule has 0 saturated carbocycles. The zero-order valence-corrected chi connectivity index (χ0v) is 7.21. The number of fused-ring (bicyclic) bond motifs is 1. The Hall–Kier alpha value is -1.59. The predicted molar refractivity (Wildman–Crippen MR) is 42.7 cm³/mol. The van der Waals surface area contributed by atoms with Crippen LogP contribution in [0.2, 0.25) is 0 Å². The van der Waals surface area contributed by atoms with Crippen LogP contribution in [0.25, 0.3) is 5.65 Å². The van der Waals surface area contributed by atoms with Gasteiger partial charge in [-0.25, -0.2) is 9.50 Å². The Bertz CT molecular complexity index is 472. The van der Waals surface area contributed by atoms with E-state index in [0.717, 1.165) is 10.6 Å². The molecule has 0 saturated heterocycles. The highest BCUT2D eigenvalue weighted by atomic mass is 19.4. The maximum atomic E-state index is 12.5. The van der Waals surface area contributed by atoms with Gasteiger partial charge in [0.05, 0.1) is 6.20 Å². The van der Waals surface area contributed by atoms with Crippen LogP contribution in [0.3, 0.4) is 0 Å². The van der Waals surface area contributed by atoms with Crippen molar-refractivity contribution in [3.05, 3.63) is 29.7 Å². The summed E-state index contributed by atoms with van der Waals surface area (Å²) in [5, 5.41) is 3.56. The molecule has 0 aliphatic rings. The Kier molecular flexibility index (Phi) is 1.73. The van der Waals surface area contributed by atoms with Gasteiger partial charge in [0, 0.05) is 11.8 Å². The molecule has 0 aliphatic heterocycles. The first-order valence-corrected chi connectivity index (χ1v) is 3.87. The van der Waals surface area contributed by atoms with Crippen LogP contribution in [0, 0.1) is 6.92 Å². The van der Waals surface area contributed by atoms with Gasteiger partial charge in [0.2, 0.25) is 0 Å². The van der Waals surface area contributed by atoms with Gasteiger partial charge in [-0.2, -0.15) is 18.3 Å². The average Bonchev–Trinajstić information content (AvgIpc) is 2.47. The van der Waals surface area contributed by atoms with Crippen LogP contribution in [0.5, 0.6) is 0 Å². The second-order valence-corrected chi connectivity index (χ2v) is 2.88. The lowest BCUT2D eigenvalue weighted by molar-refractivity contribution is -0.142. The molecule has 0 aromatic carbocycles. The summed E-state index contributed by atoms with van der Waals surface area (Å²) in [6, 6.07) is 2.41. The van der Waals surface area contributed by atoms with E-state index in [-0.39, 0.29) is 5.65 Å². The standard InChI is InChI=1S/C8H6F3N3/c1-5-4-6(8(9,10)11)14-7(13-5)2-3-12-14/h2-4H,1H3. The zero-order chi connectivity index (χ0) is 10.3. The maximum Gasteiger partial charge on any atom is 0.433 e. The Morgan fingerprint density at radius 2 is 2.07 bits per heavy atom. The van der Waals surface area contributed by atoms with E-state index in [9.17, 15) is 13.2 Å². The fourth-order valence-electron chi connectivity index (χ4n) is 1.24. The first-order valence-electron chi connectivity index (χ1n) is 3.87. The van der Waals surface area contributed by atoms with Gasteiger partial charge in [0.25, 0.3) is 0 Å². The molecule has 0 bridgehead atoms. The fourth-order valence-corrected chi connectivity index (χ4v) is 1.24. The summed E-state index contributed by atoms with van der Waals surface area (Å²) in [6.07, 6.45) is -3.12. The second kappa shape index (κ2) is 2.70. The number of hydrogen-bond donors (Lipinski definition) is 0. The normalized spacial score (nSPS) is 12.3. The molecule has 74 valence electrons. The molecule has 0 aliphatic carbocycles. The van der Waals surface area contributed by atoms with Crippen LogP contribution < -0.4 is 0 Å². The van der Waals surface area contributed by atoms with Crippen LogP contribution in [-0.4, -0.2) is 14.6 Å². The van der Waals surface area contributed by atoms with Crippen molar-refractivity contribution in [2.75, 3.05) is 0 Å². The second-order valence-electron chi connectivity index (χ2n) is 2.88. The summed E-state index contributed by atoms with van der Waals surface area (Å²) >= 11 is 0. The number of halogens is 3. The van der Waals surface area contributed by atoms with Crippen molar-refractivity contribution in [1.29, 1.82) is 0 Å². The van der Waals surface area contributed by atoms with Gasteiger partial charge in [-0.05, 0) is 13.0 Å². The van der Waals surface area contributed by atoms with Gasteiger partial charge in [-0.3, -0.25) is 0 Å². The van der Waals surface area contributed by atoms with Crippen LogP contribution >= 0.6 is 0 Å². The zero-order valence-electron chi connectivity index (χ0n) is 7.21. The maximum absolute atomic E-state index is 12.5. The summed E-state index contributed by atoms with van der Waals surface area (Å²) in [4.78, 5) is 3.91. The van der Waals surface area contributed by atoms with Gasteiger partial charge in [0.1, 0.15) is 5.69 Å². The van der Waals surface area contributed by atoms with Crippen LogP contribution in [0.15, 0.2) is 18.3 Å². The summed E-state index contributed by atoms with van der Waals surface area (Å²) in [6.45, 7) is 1.52. The smallest absolute Gasteiger partial charge is 0.234 e. The summed E-state index contributed by atoms with van der Waals surface area (Å²) in [5.74, 6) is 0. The third-order valence-corrected chi connectivity index (χ3v) is 1.78. The molecular weight excluding hydrogens is 195 g/mol. The van der Waals surface area contributed by atoms with Gasteiger partial charge in [-0.15, -0.1) is 0 Å². The van der Waals surface area contributed by atoms with Crippen molar-refractivity contribution < 1.29 is 13.2 Å². The third-order valence-electron chi connectivity index (χ3n) is 1.78. The van der Waals surface area contributed by atoms with Gasteiger partial charge in [0.15, 0.2) is 5.65 Å². The van der Waals surface area contributed by atoms with Crippen molar-refractivity contribution >= 4 is 5.65 Å². The number of aryl methyl sites for hydroxylation is 1. The average molecular weight is 201 g/mol. The minimum Gasteiger partial charge on any atom is -0.234 e. The molecule has 3 nitrogen and oxygen atoms in total. The van der Waals surface area contributed by atoms with E-state index in [1.807, 2.05) is 0 Å². The van der Waals surface area contributed by atoms with E-state index < -0.39 is 11.9 Å². The van der Waals surface area contributed by atoms with E-state index in [1.54, 1.807) is 0 Å². The lowest BCUT2D eigenvalue weighted by Crippen LogP contribution is -2.13. The van der Waals surface area contributed by atoms with Gasteiger partial charge < -0.3 is 0 Å². The van der Waals surface area contributed by atoms with Gasteiger partial charge in [-0.1, -0.05) is 0 Å². The van der Waals surface area contributed by atoms with Gasteiger partial charge >= 0.3 is 6.18 Å². The van der Waals surface area contributed by atoms with E-state index in [2.05, 4.69) is 10.1 Å². The molecule has 0 N–H and O–H groups in total. The largest absolute Gasteiger partial charge is 0.433 e. The topological polar surface area (TPSA) is 30.2 Å². The van der Waals surface area contributed by atoms with Crippen LogP contribution in [0.1, 0.15) is 11.4 Å². The van der Waals surface area contributed by atoms with E-state index in [4.69, 9.17) is 0 Å². The highest BCUT2D eigenvalue weighted by molar-refractivity contribution is 5.39. The minimum atomic E-state index is -4.40. The lowest BCUT2D eigenvalue weighted by atomic mass is 10.3. The third kappa shape index (κ3) is 1.32. The Balaban J connectivity index is 2.80. The van der Waals surface area contributed by atoms with E-state index >= 15 is 0 Å². The molecule has 0 atom stereocenters. The predicted octanol–water partition coefficient (Wildman–Crippen LogP) is 2.06. The van der Waals surface area contributed by atoms with Crippen molar-refractivity contribution in [2.24, 2.45) is 0 Å². The first kappa shape index (κ1) is 8.98. The minimum absolute atomic E-state index is 0.206. The summed E-state index contributed by atoms with van der Waals surface area (Å²) < 4.78 is 38.2. The molecule has 2 aromatic rings. The Labute approximate surface area is 77.2 Å². The monoisotopic (exact) mass is 201 g/mol. The Morgan fingerprint density at radius 1 is 1.36 bits per heavy atom. The summed E-state index contributed by atoms with van der Waals surface area (Å²) in [7, 11) is 0. The van der Waals surface area contributed by atoms with E-state index in [0.29, 0.717) is 5.69 Å². The molecule has 2 rings (SSSR count). The van der Waals surface area contributed by atoms with Crippen molar-refractivity contribution in [2.45, 2.75) is 13.1 Å². The molecule has 2 aromatic heterocycles. The number of rotatable bonds is 0. The number of hydrogen-bond acceptors (Lipinski definition) is 2. The number of aromatic nitrogens is 3. The molecule has 0 radical (unpaired) electrons. The molecule has 0 fully saturated rings. The first-order chi connectivity index (χ1) is 6.48. The van der Waals surface area contributed by atoms with E-state index in [1.165, 1.54) is 19.2 Å². The Morgan fingerprint density at radius 3 is 2.71 bits per heavy atom. The summed E-state index contributed by atoms with van der Waals surface area (Å²) in [5.41, 5.74) is -0.271. The fraction of sp³-hybridized carbons (Fsp3) is 0.250. The van der Waals surface area contributed by atoms with Crippen molar-refractivity contribution in [3.8, 4) is 0 Å². The molecule has 6 heteroatoms. The molecule has 0 spiro atoms. The van der Waals surface area contributed by atoms with Crippen LogP contribution in [0.4, 0.5) is 13.2 Å². The molecule has 2 heterocycles. The SMILES string of the molecule is Cc1cc(C(F)(F)F)n2nccc2n1. The lowest BCUT2D eigenvalue weighted by Gasteiger charge is -2.08. The van der Waals surface area contributed by atoms with Crippen molar-refractivity contribution in [3.63, 3.8) is 0 Å². The highest BCUT2D eigenvalue weighted by Gasteiger charge is 2.34. The van der Waals surface area contributed by atoms with Crippen LogP contribution in [-0.2, 0) is 6.18 Å².